The van der Waals surface area contributed by atoms with E-state index in [1.165, 1.54) is 0 Å². The van der Waals surface area contributed by atoms with Crippen LogP contribution in [0, 0.1) is 5.92 Å². The van der Waals surface area contributed by atoms with E-state index in [9.17, 15) is 4.79 Å². The fraction of sp³-hybridized carbons (Fsp3) is 0.417. The molecule has 2 aliphatic rings. The zero-order chi connectivity index (χ0) is 21.1. The van der Waals surface area contributed by atoms with Gasteiger partial charge < -0.3 is 4.74 Å². The summed E-state index contributed by atoms with van der Waals surface area (Å²) in [5.74, 6) is 1.50. The topological polar surface area (TPSA) is 45.1 Å². The van der Waals surface area contributed by atoms with Crippen molar-refractivity contribution in [1.82, 2.24) is 9.91 Å². The number of carbonyl (C=O) groups excluding carboxylic acids is 1. The van der Waals surface area contributed by atoms with Crippen LogP contribution in [0.2, 0.25) is 5.02 Å². The fourth-order valence-electron chi connectivity index (χ4n) is 4.26. The molecular weight excluding hydrogens is 398 g/mol. The number of para-hydroxylation sites is 1. The van der Waals surface area contributed by atoms with Crippen LogP contribution in [0.25, 0.3) is 0 Å². The molecule has 4 rings (SSSR count). The summed E-state index contributed by atoms with van der Waals surface area (Å²) in [5, 5.41) is 7.08. The number of hydrazone groups is 1. The van der Waals surface area contributed by atoms with Gasteiger partial charge in [-0.1, -0.05) is 48.9 Å². The number of carbonyl (C=O) groups is 1. The SMILES string of the molecule is COc1ccccc1C1=NN(C(=O)CN2CCC(C)CC2)[C@@H](c2ccccc2Cl)C1. The highest BCUT2D eigenvalue weighted by Crippen LogP contribution is 2.37. The molecule has 1 saturated heterocycles. The third-order valence-corrected chi connectivity index (χ3v) is 6.43. The van der Waals surface area contributed by atoms with Crippen molar-refractivity contribution in [2.24, 2.45) is 11.0 Å². The van der Waals surface area contributed by atoms with E-state index in [0.717, 1.165) is 54.4 Å². The Balaban J connectivity index is 1.63. The number of ether oxygens (including phenoxy) is 1. The molecule has 2 aromatic carbocycles. The molecular formula is C24H28ClN3O2. The number of amides is 1. The van der Waals surface area contributed by atoms with E-state index in [1.807, 2.05) is 48.5 Å². The zero-order valence-electron chi connectivity index (χ0n) is 17.6. The summed E-state index contributed by atoms with van der Waals surface area (Å²) in [6.45, 7) is 4.58. The number of piperidine rings is 1. The molecule has 1 amide bonds. The second kappa shape index (κ2) is 9.19. The number of halogens is 1. The second-order valence-electron chi connectivity index (χ2n) is 8.19. The third-order valence-electron chi connectivity index (χ3n) is 6.08. The van der Waals surface area contributed by atoms with E-state index < -0.39 is 0 Å². The van der Waals surface area contributed by atoms with Gasteiger partial charge in [0.05, 0.1) is 25.4 Å². The normalized spacial score (nSPS) is 20.3. The van der Waals surface area contributed by atoms with Gasteiger partial charge in [0.25, 0.3) is 5.91 Å². The average molecular weight is 426 g/mol. The molecule has 2 aromatic rings. The largest absolute Gasteiger partial charge is 0.496 e. The van der Waals surface area contributed by atoms with E-state index in [1.54, 1.807) is 12.1 Å². The van der Waals surface area contributed by atoms with Crippen LogP contribution in [0.3, 0.4) is 0 Å². The first-order chi connectivity index (χ1) is 14.6. The Kier molecular flexibility index (Phi) is 6.40. The number of nitrogens with zero attached hydrogens (tertiary/aromatic N) is 3. The maximum Gasteiger partial charge on any atom is 0.257 e. The standard InChI is InChI=1S/C24H28ClN3O2/c1-17-11-13-27(14-12-17)16-24(29)28-22(18-7-3-5-9-20(18)25)15-21(26-28)19-8-4-6-10-23(19)30-2/h3-10,17,22H,11-16H2,1-2H3/t22-/m1/s1. The Morgan fingerprint density at radius 1 is 1.13 bits per heavy atom. The lowest BCUT2D eigenvalue weighted by molar-refractivity contribution is -0.134. The molecule has 0 aliphatic carbocycles. The molecule has 30 heavy (non-hydrogen) atoms. The molecule has 0 saturated carbocycles. The maximum absolute atomic E-state index is 13.3. The summed E-state index contributed by atoms with van der Waals surface area (Å²) in [5.41, 5.74) is 2.69. The summed E-state index contributed by atoms with van der Waals surface area (Å²) in [6, 6.07) is 15.3. The van der Waals surface area contributed by atoms with Crippen molar-refractivity contribution >= 4 is 23.2 Å². The van der Waals surface area contributed by atoms with Gasteiger partial charge in [0.1, 0.15) is 5.75 Å². The second-order valence-corrected chi connectivity index (χ2v) is 8.59. The molecule has 0 N–H and O–H groups in total. The predicted octanol–water partition coefficient (Wildman–Crippen LogP) is 4.76. The van der Waals surface area contributed by atoms with Gasteiger partial charge >= 0.3 is 0 Å². The molecule has 0 spiro atoms. The van der Waals surface area contributed by atoms with E-state index in [2.05, 4.69) is 11.8 Å². The van der Waals surface area contributed by atoms with Gasteiger partial charge in [0.15, 0.2) is 0 Å². The quantitative estimate of drug-likeness (QED) is 0.693. The van der Waals surface area contributed by atoms with Crippen LogP contribution in [0.1, 0.15) is 43.4 Å². The molecule has 0 bridgehead atoms. The Morgan fingerprint density at radius 3 is 2.57 bits per heavy atom. The van der Waals surface area contributed by atoms with Gasteiger partial charge in [0, 0.05) is 17.0 Å². The van der Waals surface area contributed by atoms with Crippen molar-refractivity contribution in [1.29, 1.82) is 0 Å². The minimum absolute atomic E-state index is 0.0133. The first-order valence-corrected chi connectivity index (χ1v) is 10.9. The van der Waals surface area contributed by atoms with Gasteiger partial charge in [-0.05, 0) is 55.6 Å². The Morgan fingerprint density at radius 2 is 1.83 bits per heavy atom. The number of rotatable bonds is 5. The lowest BCUT2D eigenvalue weighted by Crippen LogP contribution is -2.41. The van der Waals surface area contributed by atoms with Crippen LogP contribution >= 0.6 is 11.6 Å². The molecule has 0 radical (unpaired) electrons. The Bertz CT molecular complexity index is 938. The summed E-state index contributed by atoms with van der Waals surface area (Å²) < 4.78 is 5.53. The number of benzene rings is 2. The number of hydrogen-bond donors (Lipinski definition) is 0. The lowest BCUT2D eigenvalue weighted by Gasteiger charge is -2.31. The van der Waals surface area contributed by atoms with E-state index in [4.69, 9.17) is 21.4 Å². The number of hydrogen-bond acceptors (Lipinski definition) is 4. The number of methoxy groups -OCH3 is 1. The van der Waals surface area contributed by atoms with Crippen molar-refractivity contribution in [3.63, 3.8) is 0 Å². The molecule has 2 aliphatic heterocycles. The predicted molar refractivity (Wildman–Crippen MR) is 120 cm³/mol. The fourth-order valence-corrected chi connectivity index (χ4v) is 4.52. The van der Waals surface area contributed by atoms with Crippen molar-refractivity contribution in [2.75, 3.05) is 26.7 Å². The minimum Gasteiger partial charge on any atom is -0.496 e. The highest BCUT2D eigenvalue weighted by molar-refractivity contribution is 6.31. The Hall–Kier alpha value is -2.37. The van der Waals surface area contributed by atoms with E-state index >= 15 is 0 Å². The van der Waals surface area contributed by atoms with Gasteiger partial charge in [-0.25, -0.2) is 5.01 Å². The molecule has 6 heteroatoms. The van der Waals surface area contributed by atoms with Crippen LogP contribution < -0.4 is 4.74 Å². The lowest BCUT2D eigenvalue weighted by atomic mass is 9.97. The molecule has 0 aromatic heterocycles. The summed E-state index contributed by atoms with van der Waals surface area (Å²) in [6.07, 6.45) is 2.88. The van der Waals surface area contributed by atoms with Gasteiger partial charge in [-0.3, -0.25) is 9.69 Å². The van der Waals surface area contributed by atoms with Crippen LogP contribution in [-0.2, 0) is 4.79 Å². The van der Waals surface area contributed by atoms with E-state index in [0.29, 0.717) is 18.0 Å². The van der Waals surface area contributed by atoms with Crippen LogP contribution in [-0.4, -0.2) is 48.3 Å². The van der Waals surface area contributed by atoms with Gasteiger partial charge in [-0.2, -0.15) is 5.10 Å². The van der Waals surface area contributed by atoms with Crippen molar-refractivity contribution in [3.05, 3.63) is 64.7 Å². The minimum atomic E-state index is -0.213. The average Bonchev–Trinajstić information content (AvgIpc) is 3.21. The molecule has 1 atom stereocenters. The van der Waals surface area contributed by atoms with Crippen molar-refractivity contribution < 1.29 is 9.53 Å². The maximum atomic E-state index is 13.3. The zero-order valence-corrected chi connectivity index (χ0v) is 18.3. The van der Waals surface area contributed by atoms with Crippen molar-refractivity contribution in [2.45, 2.75) is 32.2 Å². The third kappa shape index (κ3) is 4.37. The van der Waals surface area contributed by atoms with Crippen molar-refractivity contribution in [3.8, 4) is 5.75 Å². The smallest absolute Gasteiger partial charge is 0.257 e. The summed E-state index contributed by atoms with van der Waals surface area (Å²) in [7, 11) is 1.65. The summed E-state index contributed by atoms with van der Waals surface area (Å²) in [4.78, 5) is 15.6. The highest BCUT2D eigenvalue weighted by Gasteiger charge is 2.35. The van der Waals surface area contributed by atoms with Gasteiger partial charge in [0.2, 0.25) is 0 Å². The molecule has 5 nitrogen and oxygen atoms in total. The molecule has 2 heterocycles. The van der Waals surface area contributed by atoms with E-state index in [-0.39, 0.29) is 11.9 Å². The molecule has 0 unspecified atom stereocenters. The number of likely N-dealkylation sites (tertiary alicyclic amines) is 1. The van der Waals surface area contributed by atoms with Crippen LogP contribution in [0.5, 0.6) is 5.75 Å². The highest BCUT2D eigenvalue weighted by atomic mass is 35.5. The Labute approximate surface area is 183 Å². The first-order valence-electron chi connectivity index (χ1n) is 10.6. The van der Waals surface area contributed by atoms with Crippen LogP contribution in [0.15, 0.2) is 53.6 Å². The molecule has 158 valence electrons. The summed E-state index contributed by atoms with van der Waals surface area (Å²) >= 11 is 6.51. The first kappa shape index (κ1) is 20.9. The van der Waals surface area contributed by atoms with Crippen LogP contribution in [0.4, 0.5) is 0 Å². The molecule has 1 fully saturated rings. The monoisotopic (exact) mass is 425 g/mol. The van der Waals surface area contributed by atoms with Gasteiger partial charge in [-0.15, -0.1) is 0 Å².